The highest BCUT2D eigenvalue weighted by atomic mass is 16.1. The minimum atomic E-state index is 0.00880. The Morgan fingerprint density at radius 3 is 2.65 bits per heavy atom. The number of nitrogens with two attached hydrogens (primary N) is 1. The topological polar surface area (TPSA) is 60.9 Å². The Balaban J connectivity index is 0.000000686. The van der Waals surface area contributed by atoms with Gasteiger partial charge in [-0.3, -0.25) is 4.79 Å². The lowest BCUT2D eigenvalue weighted by molar-refractivity contribution is 0.772. The van der Waals surface area contributed by atoms with Crippen LogP contribution in [-0.4, -0.2) is 9.55 Å². The number of rotatable bonds is 1. The van der Waals surface area contributed by atoms with E-state index in [0.29, 0.717) is 16.7 Å². The second-order valence-electron chi connectivity index (χ2n) is 3.57. The lowest BCUT2D eigenvalue weighted by Gasteiger charge is -2.08. The molecule has 4 nitrogen and oxygen atoms in total. The standard InChI is InChI=1S/C11H13N3O.C2H6/c1-3-14-6-7(2)10(15)9-4-8(12)5-13-11(9)14;1-2/h4-6H,3,12H2,1-2H3;1-2H3. The summed E-state index contributed by atoms with van der Waals surface area (Å²) in [5.74, 6) is 0. The van der Waals surface area contributed by atoms with Crippen LogP contribution in [0.2, 0.25) is 0 Å². The molecular formula is C13H19N3O. The smallest absolute Gasteiger partial charge is 0.193 e. The van der Waals surface area contributed by atoms with Gasteiger partial charge in [0.25, 0.3) is 0 Å². The van der Waals surface area contributed by atoms with Crippen LogP contribution >= 0.6 is 0 Å². The summed E-state index contributed by atoms with van der Waals surface area (Å²) in [5, 5.41) is 0.594. The number of hydrogen-bond acceptors (Lipinski definition) is 3. The average Bonchev–Trinajstić information content (AvgIpc) is 2.36. The van der Waals surface area contributed by atoms with Crippen molar-refractivity contribution >= 4 is 16.7 Å². The van der Waals surface area contributed by atoms with Crippen LogP contribution in [0.25, 0.3) is 11.0 Å². The largest absolute Gasteiger partial charge is 0.397 e. The van der Waals surface area contributed by atoms with E-state index in [1.807, 2.05) is 31.5 Å². The molecule has 0 saturated carbocycles. The molecule has 4 heteroatoms. The van der Waals surface area contributed by atoms with Crippen molar-refractivity contribution in [1.82, 2.24) is 9.55 Å². The van der Waals surface area contributed by atoms with Crippen LogP contribution in [0.3, 0.4) is 0 Å². The lowest BCUT2D eigenvalue weighted by Crippen LogP contribution is -2.13. The fourth-order valence-electron chi connectivity index (χ4n) is 1.68. The van der Waals surface area contributed by atoms with Crippen molar-refractivity contribution in [2.75, 3.05) is 5.73 Å². The zero-order valence-corrected chi connectivity index (χ0v) is 10.8. The van der Waals surface area contributed by atoms with Crippen molar-refractivity contribution in [1.29, 1.82) is 0 Å². The quantitative estimate of drug-likeness (QED) is 0.822. The van der Waals surface area contributed by atoms with E-state index in [1.165, 1.54) is 0 Å². The summed E-state index contributed by atoms with van der Waals surface area (Å²) >= 11 is 0. The Morgan fingerprint density at radius 1 is 1.41 bits per heavy atom. The van der Waals surface area contributed by atoms with Crippen LogP contribution < -0.4 is 11.2 Å². The number of aromatic nitrogens is 2. The molecule has 0 spiro atoms. The van der Waals surface area contributed by atoms with Gasteiger partial charge in [-0.05, 0) is 19.9 Å². The molecule has 2 heterocycles. The summed E-state index contributed by atoms with van der Waals surface area (Å²) in [6.45, 7) is 8.60. The highest BCUT2D eigenvalue weighted by Gasteiger charge is 2.06. The third-order valence-electron chi connectivity index (χ3n) is 2.45. The maximum absolute atomic E-state index is 11.8. The van der Waals surface area contributed by atoms with E-state index in [2.05, 4.69) is 4.98 Å². The number of anilines is 1. The minimum absolute atomic E-state index is 0.00880. The van der Waals surface area contributed by atoms with Gasteiger partial charge >= 0.3 is 0 Å². The molecule has 0 bridgehead atoms. The van der Waals surface area contributed by atoms with E-state index in [0.717, 1.165) is 12.1 Å². The third kappa shape index (κ3) is 2.46. The van der Waals surface area contributed by atoms with Crippen LogP contribution in [0.15, 0.2) is 23.3 Å². The van der Waals surface area contributed by atoms with Crippen molar-refractivity contribution < 1.29 is 0 Å². The van der Waals surface area contributed by atoms with Crippen LogP contribution in [-0.2, 0) is 6.54 Å². The zero-order chi connectivity index (χ0) is 13.0. The maximum Gasteiger partial charge on any atom is 0.193 e. The first-order chi connectivity index (χ1) is 8.13. The first-order valence-corrected chi connectivity index (χ1v) is 5.88. The normalized spacial score (nSPS) is 9.88. The predicted molar refractivity (Wildman–Crippen MR) is 72.2 cm³/mol. The molecule has 0 aliphatic carbocycles. The first-order valence-electron chi connectivity index (χ1n) is 5.88. The monoisotopic (exact) mass is 233 g/mol. The first kappa shape index (κ1) is 13.2. The summed E-state index contributed by atoms with van der Waals surface area (Å²) in [6.07, 6.45) is 3.40. The highest BCUT2D eigenvalue weighted by Crippen LogP contribution is 2.12. The van der Waals surface area contributed by atoms with Crippen LogP contribution in [0.5, 0.6) is 0 Å². The van der Waals surface area contributed by atoms with Gasteiger partial charge < -0.3 is 10.3 Å². The third-order valence-corrected chi connectivity index (χ3v) is 2.45. The second-order valence-corrected chi connectivity index (χ2v) is 3.57. The number of aryl methyl sites for hydroxylation is 2. The molecule has 0 radical (unpaired) electrons. The SMILES string of the molecule is CC.CCn1cc(C)c(=O)c2cc(N)cnc21. The lowest BCUT2D eigenvalue weighted by atomic mass is 10.2. The molecule has 0 atom stereocenters. The van der Waals surface area contributed by atoms with Gasteiger partial charge in [0.2, 0.25) is 0 Å². The van der Waals surface area contributed by atoms with Crippen molar-refractivity contribution in [3.05, 3.63) is 34.2 Å². The molecule has 2 rings (SSSR count). The molecule has 0 fully saturated rings. The van der Waals surface area contributed by atoms with Gasteiger partial charge in [0.15, 0.2) is 5.43 Å². The summed E-state index contributed by atoms with van der Waals surface area (Å²) in [7, 11) is 0. The molecule has 0 aliphatic rings. The molecule has 0 unspecified atom stereocenters. The van der Waals surface area contributed by atoms with Crippen LogP contribution in [0.1, 0.15) is 26.3 Å². The molecule has 0 aliphatic heterocycles. The molecule has 92 valence electrons. The molecule has 0 amide bonds. The number of pyridine rings is 2. The zero-order valence-electron chi connectivity index (χ0n) is 10.8. The molecule has 2 aromatic rings. The highest BCUT2D eigenvalue weighted by molar-refractivity contribution is 5.78. The average molecular weight is 233 g/mol. The summed E-state index contributed by atoms with van der Waals surface area (Å²) in [5.41, 5.74) is 7.57. The molecule has 2 aromatic heterocycles. The Bertz CT molecular complexity index is 573. The Labute approximate surface area is 101 Å². The van der Waals surface area contributed by atoms with Gasteiger partial charge in [-0.1, -0.05) is 13.8 Å². The summed E-state index contributed by atoms with van der Waals surface area (Å²) in [6, 6.07) is 1.68. The van der Waals surface area contributed by atoms with Gasteiger partial charge in [-0.2, -0.15) is 0 Å². The van der Waals surface area contributed by atoms with Gasteiger partial charge in [-0.25, -0.2) is 4.98 Å². The summed E-state index contributed by atoms with van der Waals surface area (Å²) < 4.78 is 1.95. The molecule has 2 N–H and O–H groups in total. The van der Waals surface area contributed by atoms with Gasteiger partial charge in [0.1, 0.15) is 5.65 Å². The van der Waals surface area contributed by atoms with Crippen molar-refractivity contribution in [2.24, 2.45) is 0 Å². The summed E-state index contributed by atoms with van der Waals surface area (Å²) in [4.78, 5) is 16.0. The Morgan fingerprint density at radius 2 is 2.06 bits per heavy atom. The predicted octanol–water partition coefficient (Wildman–Crippen LogP) is 2.33. The second kappa shape index (κ2) is 5.48. The van der Waals surface area contributed by atoms with Crippen LogP contribution in [0, 0.1) is 6.92 Å². The fourth-order valence-corrected chi connectivity index (χ4v) is 1.68. The van der Waals surface area contributed by atoms with Crippen molar-refractivity contribution in [3.8, 4) is 0 Å². The maximum atomic E-state index is 11.8. The molecule has 0 saturated heterocycles. The van der Waals surface area contributed by atoms with E-state index >= 15 is 0 Å². The minimum Gasteiger partial charge on any atom is -0.397 e. The molecule has 0 aromatic carbocycles. The number of nitrogens with zero attached hydrogens (tertiary/aromatic N) is 2. The van der Waals surface area contributed by atoms with Gasteiger partial charge in [-0.15, -0.1) is 0 Å². The van der Waals surface area contributed by atoms with E-state index in [9.17, 15) is 4.79 Å². The number of fused-ring (bicyclic) bond motifs is 1. The van der Waals surface area contributed by atoms with Gasteiger partial charge in [0.05, 0.1) is 17.3 Å². The van der Waals surface area contributed by atoms with Crippen molar-refractivity contribution in [2.45, 2.75) is 34.2 Å². The van der Waals surface area contributed by atoms with Crippen LogP contribution in [0.4, 0.5) is 5.69 Å². The van der Waals surface area contributed by atoms with E-state index < -0.39 is 0 Å². The Kier molecular flexibility index (Phi) is 4.26. The number of hydrogen-bond donors (Lipinski definition) is 1. The van der Waals surface area contributed by atoms with E-state index in [4.69, 9.17) is 5.73 Å². The van der Waals surface area contributed by atoms with Gasteiger partial charge in [0, 0.05) is 18.3 Å². The molecule has 17 heavy (non-hydrogen) atoms. The number of nitrogen functional groups attached to an aromatic ring is 1. The fraction of sp³-hybridized carbons (Fsp3) is 0.385. The Hall–Kier alpha value is -1.84. The van der Waals surface area contributed by atoms with E-state index in [-0.39, 0.29) is 5.43 Å². The van der Waals surface area contributed by atoms with E-state index in [1.54, 1.807) is 19.2 Å². The molecular weight excluding hydrogens is 214 g/mol. The van der Waals surface area contributed by atoms with Crippen molar-refractivity contribution in [3.63, 3.8) is 0 Å².